The zero-order valence-electron chi connectivity index (χ0n) is 9.92. The van der Waals surface area contributed by atoms with Crippen LogP contribution in [0.25, 0.3) is 16.6 Å². The van der Waals surface area contributed by atoms with Gasteiger partial charge in [-0.25, -0.2) is 4.79 Å². The Hall–Kier alpha value is -2.26. The minimum atomic E-state index is -0.560. The lowest BCUT2D eigenvalue weighted by Gasteiger charge is -2.09. The summed E-state index contributed by atoms with van der Waals surface area (Å²) in [5, 5.41) is 1.11. The van der Waals surface area contributed by atoms with Crippen LogP contribution in [0.3, 0.4) is 0 Å². The van der Waals surface area contributed by atoms with Crippen LogP contribution in [0.15, 0.2) is 60.8 Å². The lowest BCUT2D eigenvalue weighted by atomic mass is 10.1. The number of fused-ring (bicyclic) bond motifs is 1. The van der Waals surface area contributed by atoms with Gasteiger partial charge < -0.3 is 8.86 Å². The van der Waals surface area contributed by atoms with Crippen molar-refractivity contribution in [2.24, 2.45) is 0 Å². The molecule has 0 spiro atoms. The maximum absolute atomic E-state index is 11.7. The molecule has 0 saturated heterocycles. The fourth-order valence-corrected chi connectivity index (χ4v) is 2.27. The first-order valence-electron chi connectivity index (χ1n) is 5.79. The van der Waals surface area contributed by atoms with Gasteiger partial charge in [0.25, 0.3) is 0 Å². The third-order valence-electron chi connectivity index (χ3n) is 3.05. The second kappa shape index (κ2) is 4.78. The molecule has 0 unspecified atom stereocenters. The van der Waals surface area contributed by atoms with Crippen LogP contribution in [0.1, 0.15) is 10.4 Å². The summed E-state index contributed by atoms with van der Waals surface area (Å²) >= 11 is 5.18. The average molecular weight is 272 g/mol. The smallest absolute Gasteiger partial charge is 0.343 e. The van der Waals surface area contributed by atoms with E-state index in [0.717, 1.165) is 16.6 Å². The summed E-state index contributed by atoms with van der Waals surface area (Å²) in [6.45, 7) is 0. The normalized spacial score (nSPS) is 10.6. The van der Waals surface area contributed by atoms with Gasteiger partial charge >= 0.3 is 5.97 Å². The lowest BCUT2D eigenvalue weighted by Crippen LogP contribution is -2.05. The molecule has 0 aliphatic rings. The molecule has 94 valence electrons. The van der Waals surface area contributed by atoms with E-state index in [1.807, 2.05) is 53.2 Å². The van der Waals surface area contributed by atoms with E-state index in [0.29, 0.717) is 5.56 Å². The molecule has 4 heteroatoms. The number of hydrogen-bond acceptors (Lipinski definition) is 2. The molecule has 3 nitrogen and oxygen atoms in total. The van der Waals surface area contributed by atoms with Gasteiger partial charge in [0.1, 0.15) is 11.9 Å². The van der Waals surface area contributed by atoms with Crippen molar-refractivity contribution in [3.63, 3.8) is 0 Å². The molecule has 0 bridgehead atoms. The lowest BCUT2D eigenvalue weighted by molar-refractivity contribution is 0.0751. The van der Waals surface area contributed by atoms with Crippen molar-refractivity contribution in [2.45, 2.75) is 0 Å². The molecule has 0 aliphatic heterocycles. The van der Waals surface area contributed by atoms with Crippen LogP contribution in [0.4, 0.5) is 0 Å². The van der Waals surface area contributed by atoms with Crippen LogP contribution in [-0.2, 0) is 4.29 Å². The van der Waals surface area contributed by atoms with Crippen LogP contribution < -0.4 is 0 Å². The Bertz CT molecular complexity index is 748. The molecule has 0 N–H and O–H groups in total. The van der Waals surface area contributed by atoms with Crippen molar-refractivity contribution >= 4 is 28.7 Å². The zero-order valence-corrected chi connectivity index (χ0v) is 10.7. The fraction of sp³-hybridized carbons (Fsp3) is 0. The molecule has 0 atom stereocenters. The summed E-state index contributed by atoms with van der Waals surface area (Å²) < 4.78 is 6.25. The molecule has 0 aliphatic carbocycles. The number of aromatic nitrogens is 1. The maximum atomic E-state index is 11.7. The number of nitrogens with zero attached hydrogens (tertiary/aromatic N) is 1. The van der Waals surface area contributed by atoms with E-state index in [1.54, 1.807) is 12.1 Å². The van der Waals surface area contributed by atoms with E-state index in [2.05, 4.69) is 4.29 Å². The minimum Gasteiger partial charge on any atom is -0.343 e. The van der Waals surface area contributed by atoms with Crippen molar-refractivity contribution in [1.82, 2.24) is 4.57 Å². The Morgan fingerprint density at radius 3 is 2.58 bits per heavy atom. The molecule has 0 saturated carbocycles. The molecule has 19 heavy (non-hydrogen) atoms. The van der Waals surface area contributed by atoms with Crippen molar-refractivity contribution in [2.75, 3.05) is 0 Å². The second-order valence-corrected chi connectivity index (χ2v) is 4.28. The van der Waals surface area contributed by atoms with Crippen molar-refractivity contribution in [1.29, 1.82) is 0 Å². The van der Waals surface area contributed by atoms with Crippen LogP contribution in [-0.4, -0.2) is 10.5 Å². The molecule has 3 aromatic rings. The molecule has 3 rings (SSSR count). The summed E-state index contributed by atoms with van der Waals surface area (Å²) in [5.41, 5.74) is 2.20. The Morgan fingerprint density at radius 1 is 1.00 bits per heavy atom. The number of benzene rings is 2. The van der Waals surface area contributed by atoms with Crippen molar-refractivity contribution in [3.05, 3.63) is 66.4 Å². The Morgan fingerprint density at radius 2 is 1.74 bits per heavy atom. The number of rotatable bonds is 2. The van der Waals surface area contributed by atoms with Crippen molar-refractivity contribution in [3.8, 4) is 5.69 Å². The molecule has 0 amide bonds. The van der Waals surface area contributed by atoms with E-state index < -0.39 is 5.97 Å². The van der Waals surface area contributed by atoms with Crippen molar-refractivity contribution < 1.29 is 9.08 Å². The number of halogens is 1. The molecule has 0 fully saturated rings. The van der Waals surface area contributed by atoms with Crippen LogP contribution in [0, 0.1) is 0 Å². The second-order valence-electron chi connectivity index (χ2n) is 4.13. The summed E-state index contributed by atoms with van der Waals surface area (Å²) in [4.78, 5) is 11.7. The predicted molar refractivity (Wildman–Crippen MR) is 74.5 cm³/mol. The Labute approximate surface area is 115 Å². The van der Waals surface area contributed by atoms with E-state index in [-0.39, 0.29) is 0 Å². The number of hydrogen-bond donors (Lipinski definition) is 0. The van der Waals surface area contributed by atoms with Gasteiger partial charge in [-0.2, -0.15) is 0 Å². The highest BCUT2D eigenvalue weighted by atomic mass is 35.5. The molecule has 1 heterocycles. The minimum absolute atomic E-state index is 0.429. The monoisotopic (exact) mass is 271 g/mol. The average Bonchev–Trinajstić information content (AvgIpc) is 2.90. The largest absolute Gasteiger partial charge is 0.358 e. The molecule has 1 aromatic heterocycles. The van der Waals surface area contributed by atoms with E-state index in [9.17, 15) is 4.79 Å². The third kappa shape index (κ3) is 1.98. The van der Waals surface area contributed by atoms with Gasteiger partial charge in [-0.15, -0.1) is 0 Å². The van der Waals surface area contributed by atoms with Crippen LogP contribution in [0.5, 0.6) is 0 Å². The number of para-hydroxylation sites is 2. The van der Waals surface area contributed by atoms with Crippen LogP contribution >= 0.6 is 11.9 Å². The van der Waals surface area contributed by atoms with Gasteiger partial charge in [-0.05, 0) is 29.7 Å². The van der Waals surface area contributed by atoms with Gasteiger partial charge in [0.15, 0.2) is 0 Å². The van der Waals surface area contributed by atoms with E-state index in [1.165, 1.54) is 0 Å². The summed E-state index contributed by atoms with van der Waals surface area (Å²) in [5.74, 6) is -0.560. The Balaban J connectivity index is 2.25. The molecular weight excluding hydrogens is 262 g/mol. The number of carbonyl (C=O) groups excluding carboxylic acids is 1. The highest BCUT2D eigenvalue weighted by Crippen LogP contribution is 2.23. The molecule has 0 radical (unpaired) electrons. The topological polar surface area (TPSA) is 31.2 Å². The first-order valence-corrected chi connectivity index (χ1v) is 6.10. The number of carbonyl (C=O) groups is 1. The maximum Gasteiger partial charge on any atom is 0.358 e. The third-order valence-corrected chi connectivity index (χ3v) is 3.19. The molecular formula is C15H10ClNO2. The Kier molecular flexibility index (Phi) is 2.97. The van der Waals surface area contributed by atoms with E-state index >= 15 is 0 Å². The summed E-state index contributed by atoms with van der Waals surface area (Å²) in [6.07, 6.45) is 1.92. The summed E-state index contributed by atoms with van der Waals surface area (Å²) in [6, 6.07) is 17.1. The summed E-state index contributed by atoms with van der Waals surface area (Å²) in [7, 11) is 0. The fourth-order valence-electron chi connectivity index (χ4n) is 2.19. The van der Waals surface area contributed by atoms with Gasteiger partial charge in [0.05, 0.1) is 16.8 Å². The predicted octanol–water partition coefficient (Wildman–Crippen LogP) is 3.94. The zero-order chi connectivity index (χ0) is 13.2. The molecule has 2 aromatic carbocycles. The first-order chi connectivity index (χ1) is 9.31. The van der Waals surface area contributed by atoms with E-state index in [4.69, 9.17) is 11.9 Å². The van der Waals surface area contributed by atoms with Gasteiger partial charge in [-0.1, -0.05) is 30.3 Å². The van der Waals surface area contributed by atoms with Crippen LogP contribution in [0.2, 0.25) is 0 Å². The standard InChI is InChI=1S/C15H10ClNO2/c16-19-15(18)12-6-2-4-8-14(12)17-10-9-11-5-1-3-7-13(11)17/h1-10H. The highest BCUT2D eigenvalue weighted by Gasteiger charge is 2.14. The van der Waals surface area contributed by atoms with Gasteiger partial charge in [0, 0.05) is 6.20 Å². The highest BCUT2D eigenvalue weighted by molar-refractivity contribution is 6.16. The quantitative estimate of drug-likeness (QED) is 0.707. The SMILES string of the molecule is O=C(OCl)c1ccccc1-n1ccc2ccccc21. The van der Waals surface area contributed by atoms with Gasteiger partial charge in [-0.3, -0.25) is 0 Å². The first kappa shape index (κ1) is 11.8. The van der Waals surface area contributed by atoms with Gasteiger partial charge in [0.2, 0.25) is 0 Å².